The summed E-state index contributed by atoms with van der Waals surface area (Å²) in [7, 11) is 2.15. The van der Waals surface area contributed by atoms with Gasteiger partial charge in [0.25, 0.3) is 0 Å². The molecule has 1 aliphatic rings. The van der Waals surface area contributed by atoms with Gasteiger partial charge in [-0.15, -0.1) is 0 Å². The number of aromatic carboxylic acids is 1. The molecule has 5 heteroatoms. The predicted molar refractivity (Wildman–Crippen MR) is 82.0 cm³/mol. The lowest BCUT2D eigenvalue weighted by Crippen LogP contribution is -2.46. The Bertz CT molecular complexity index is 470. The molecule has 21 heavy (non-hydrogen) atoms. The predicted octanol–water partition coefficient (Wildman–Crippen LogP) is 1.65. The second kappa shape index (κ2) is 7.43. The van der Waals surface area contributed by atoms with Crippen molar-refractivity contribution in [2.45, 2.75) is 6.92 Å². The number of carbonyl (C=O) groups is 1. The van der Waals surface area contributed by atoms with Gasteiger partial charge >= 0.3 is 5.97 Å². The molecule has 1 N–H and O–H groups in total. The molecule has 1 unspecified atom stereocenters. The van der Waals surface area contributed by atoms with Gasteiger partial charge in [-0.3, -0.25) is 0 Å². The minimum Gasteiger partial charge on any atom is -0.493 e. The van der Waals surface area contributed by atoms with Crippen molar-refractivity contribution in [2.24, 2.45) is 5.92 Å². The molecule has 0 saturated carbocycles. The summed E-state index contributed by atoms with van der Waals surface area (Å²) < 4.78 is 5.72. The Hall–Kier alpha value is -1.59. The van der Waals surface area contributed by atoms with Crippen LogP contribution in [0.1, 0.15) is 17.3 Å². The average molecular weight is 292 g/mol. The first kappa shape index (κ1) is 15.8. The smallest absolute Gasteiger partial charge is 0.335 e. The number of benzene rings is 1. The van der Waals surface area contributed by atoms with Crippen LogP contribution in [-0.4, -0.2) is 67.3 Å². The fraction of sp³-hybridized carbons (Fsp3) is 0.562. The monoisotopic (exact) mass is 292 g/mol. The molecule has 0 aromatic heterocycles. The highest BCUT2D eigenvalue weighted by Crippen LogP contribution is 2.15. The van der Waals surface area contributed by atoms with Crippen LogP contribution < -0.4 is 4.74 Å². The lowest BCUT2D eigenvalue weighted by Gasteiger charge is -2.33. The summed E-state index contributed by atoms with van der Waals surface area (Å²) >= 11 is 0. The molecule has 0 aliphatic carbocycles. The minimum absolute atomic E-state index is 0.263. The van der Waals surface area contributed by atoms with Crippen LogP contribution in [0.15, 0.2) is 24.3 Å². The maximum absolute atomic E-state index is 10.9. The summed E-state index contributed by atoms with van der Waals surface area (Å²) in [5.41, 5.74) is 0.263. The van der Waals surface area contributed by atoms with Crippen LogP contribution in [0.5, 0.6) is 5.75 Å². The second-order valence-corrected chi connectivity index (χ2v) is 5.85. The summed E-state index contributed by atoms with van der Waals surface area (Å²) in [5, 5.41) is 8.96. The van der Waals surface area contributed by atoms with Gasteiger partial charge in [-0.2, -0.15) is 0 Å². The normalized spacial score (nSPS) is 18.4. The van der Waals surface area contributed by atoms with E-state index in [-0.39, 0.29) is 5.56 Å². The Labute approximate surface area is 126 Å². The lowest BCUT2D eigenvalue weighted by molar-refractivity contribution is 0.0696. The summed E-state index contributed by atoms with van der Waals surface area (Å²) in [4.78, 5) is 15.7. The number of nitrogens with zero attached hydrogens (tertiary/aromatic N) is 2. The van der Waals surface area contributed by atoms with Crippen molar-refractivity contribution in [1.29, 1.82) is 0 Å². The molecule has 1 saturated heterocycles. The third-order valence-corrected chi connectivity index (χ3v) is 3.78. The number of rotatable bonds is 6. The number of carboxylic acids is 1. The van der Waals surface area contributed by atoms with Gasteiger partial charge in [-0.05, 0) is 25.2 Å². The third-order valence-electron chi connectivity index (χ3n) is 3.78. The molecule has 1 fully saturated rings. The fourth-order valence-corrected chi connectivity index (χ4v) is 2.48. The Morgan fingerprint density at radius 3 is 2.71 bits per heavy atom. The molecule has 1 aliphatic heterocycles. The number of ether oxygens (including phenoxy) is 1. The highest BCUT2D eigenvalue weighted by atomic mass is 16.5. The van der Waals surface area contributed by atoms with E-state index in [1.807, 2.05) is 0 Å². The van der Waals surface area contributed by atoms with Gasteiger partial charge in [0, 0.05) is 38.6 Å². The van der Waals surface area contributed by atoms with E-state index in [1.165, 1.54) is 0 Å². The molecule has 0 bridgehead atoms. The van der Waals surface area contributed by atoms with Crippen molar-refractivity contribution in [3.63, 3.8) is 0 Å². The highest BCUT2D eigenvalue weighted by Gasteiger charge is 2.16. The maximum Gasteiger partial charge on any atom is 0.335 e. The van der Waals surface area contributed by atoms with E-state index >= 15 is 0 Å². The van der Waals surface area contributed by atoms with Crippen LogP contribution in [0.4, 0.5) is 0 Å². The van der Waals surface area contributed by atoms with Crippen molar-refractivity contribution in [3.05, 3.63) is 29.8 Å². The van der Waals surface area contributed by atoms with E-state index in [0.717, 1.165) is 32.7 Å². The zero-order chi connectivity index (χ0) is 15.2. The molecule has 0 spiro atoms. The van der Waals surface area contributed by atoms with Gasteiger partial charge in [0.2, 0.25) is 0 Å². The molecule has 1 aromatic carbocycles. The second-order valence-electron chi connectivity index (χ2n) is 5.85. The number of hydrogen-bond acceptors (Lipinski definition) is 4. The molecule has 1 atom stereocenters. The maximum atomic E-state index is 10.9. The molecule has 5 nitrogen and oxygen atoms in total. The van der Waals surface area contributed by atoms with E-state index in [9.17, 15) is 4.79 Å². The summed E-state index contributed by atoms with van der Waals surface area (Å²) in [6.07, 6.45) is 0. The van der Waals surface area contributed by atoms with Crippen LogP contribution in [0.25, 0.3) is 0 Å². The van der Waals surface area contributed by atoms with Crippen LogP contribution >= 0.6 is 0 Å². The van der Waals surface area contributed by atoms with Crippen LogP contribution in [0.2, 0.25) is 0 Å². The Morgan fingerprint density at radius 1 is 1.33 bits per heavy atom. The van der Waals surface area contributed by atoms with Crippen molar-refractivity contribution in [3.8, 4) is 5.75 Å². The van der Waals surface area contributed by atoms with E-state index in [2.05, 4.69) is 23.8 Å². The van der Waals surface area contributed by atoms with Gasteiger partial charge < -0.3 is 19.6 Å². The SMILES string of the molecule is CC(COc1cccc(C(=O)O)c1)CN1CCN(C)CC1. The van der Waals surface area contributed by atoms with Crippen LogP contribution in [0.3, 0.4) is 0 Å². The number of hydrogen-bond donors (Lipinski definition) is 1. The lowest BCUT2D eigenvalue weighted by atomic mass is 10.1. The van der Waals surface area contributed by atoms with E-state index < -0.39 is 5.97 Å². The summed E-state index contributed by atoms with van der Waals surface area (Å²) in [6, 6.07) is 6.66. The minimum atomic E-state index is -0.925. The molecule has 1 aromatic rings. The van der Waals surface area contributed by atoms with E-state index in [0.29, 0.717) is 18.3 Å². The topological polar surface area (TPSA) is 53.0 Å². The number of carboxylic acid groups (broad SMARTS) is 1. The van der Waals surface area contributed by atoms with Crippen molar-refractivity contribution >= 4 is 5.97 Å². The molecule has 116 valence electrons. The molecule has 1 heterocycles. The zero-order valence-corrected chi connectivity index (χ0v) is 12.8. The van der Waals surface area contributed by atoms with Gasteiger partial charge in [0.15, 0.2) is 0 Å². The molecule has 2 rings (SSSR count). The number of likely N-dealkylation sites (N-methyl/N-ethyl adjacent to an activating group) is 1. The van der Waals surface area contributed by atoms with Crippen molar-refractivity contribution in [2.75, 3.05) is 46.4 Å². The largest absolute Gasteiger partial charge is 0.493 e. The third kappa shape index (κ3) is 5.02. The van der Waals surface area contributed by atoms with E-state index in [1.54, 1.807) is 24.3 Å². The van der Waals surface area contributed by atoms with Crippen molar-refractivity contribution < 1.29 is 14.6 Å². The summed E-state index contributed by atoms with van der Waals surface area (Å²) in [5.74, 6) is 0.118. The zero-order valence-electron chi connectivity index (χ0n) is 12.8. The first-order valence-electron chi connectivity index (χ1n) is 7.41. The van der Waals surface area contributed by atoms with Gasteiger partial charge in [0.1, 0.15) is 5.75 Å². The Kier molecular flexibility index (Phi) is 5.59. The quantitative estimate of drug-likeness (QED) is 0.864. The van der Waals surface area contributed by atoms with Crippen LogP contribution in [0, 0.1) is 5.92 Å². The van der Waals surface area contributed by atoms with Crippen molar-refractivity contribution in [1.82, 2.24) is 9.80 Å². The Balaban J connectivity index is 1.77. The molecular formula is C16H24N2O3. The first-order valence-corrected chi connectivity index (χ1v) is 7.41. The molecule has 0 amide bonds. The first-order chi connectivity index (χ1) is 10.0. The molecule has 0 radical (unpaired) electrons. The fourth-order valence-electron chi connectivity index (χ4n) is 2.48. The number of piperazine rings is 1. The molecular weight excluding hydrogens is 268 g/mol. The highest BCUT2D eigenvalue weighted by molar-refractivity contribution is 5.87. The Morgan fingerprint density at radius 2 is 2.05 bits per heavy atom. The van der Waals surface area contributed by atoms with Gasteiger partial charge in [-0.1, -0.05) is 13.0 Å². The van der Waals surface area contributed by atoms with Gasteiger partial charge in [0.05, 0.1) is 12.2 Å². The van der Waals surface area contributed by atoms with Gasteiger partial charge in [-0.25, -0.2) is 4.79 Å². The van der Waals surface area contributed by atoms with Crippen LogP contribution in [-0.2, 0) is 0 Å². The van der Waals surface area contributed by atoms with E-state index in [4.69, 9.17) is 9.84 Å². The average Bonchev–Trinajstić information content (AvgIpc) is 2.48. The summed E-state index contributed by atoms with van der Waals surface area (Å²) in [6.45, 7) is 8.24. The standard InChI is InChI=1S/C16H24N2O3/c1-13(11-18-8-6-17(2)7-9-18)12-21-15-5-3-4-14(10-15)16(19)20/h3-5,10,13H,6-9,11-12H2,1-2H3,(H,19,20).